The predicted octanol–water partition coefficient (Wildman–Crippen LogP) is 4.69. The fourth-order valence-electron chi connectivity index (χ4n) is 4.66. The average Bonchev–Trinajstić information content (AvgIpc) is 2.87. The third-order valence-electron chi connectivity index (χ3n) is 6.41. The summed E-state index contributed by atoms with van der Waals surface area (Å²) >= 11 is 0. The highest BCUT2D eigenvalue weighted by Gasteiger charge is 2.29. The molecule has 1 aromatic rings. The SMILES string of the molecule is C=C(C)N=C1OC(C)C(c2ccc(C3CCC(CC(=NC)NNC=O)CC3)c(O)c2)=N/C1=C(/C)N.CC. The van der Waals surface area contributed by atoms with E-state index in [-0.39, 0.29) is 11.9 Å². The Morgan fingerprint density at radius 3 is 2.49 bits per heavy atom. The van der Waals surface area contributed by atoms with Crippen molar-refractivity contribution >= 4 is 23.9 Å². The number of carbonyl (C=O) groups excluding carboxylic acids is 1. The maximum atomic E-state index is 10.9. The fourth-order valence-corrected chi connectivity index (χ4v) is 4.66. The van der Waals surface area contributed by atoms with Crippen molar-refractivity contribution in [3.63, 3.8) is 0 Å². The molecule has 1 fully saturated rings. The van der Waals surface area contributed by atoms with Gasteiger partial charge in [0.15, 0.2) is 0 Å². The number of aliphatic imine (C=N–C) groups is 3. The summed E-state index contributed by atoms with van der Waals surface area (Å²) in [6.07, 6.45) is 5.06. The second-order valence-corrected chi connectivity index (χ2v) is 9.19. The number of nitrogens with one attached hydrogen (secondary N) is 2. The van der Waals surface area contributed by atoms with Crippen LogP contribution in [0, 0.1) is 5.92 Å². The van der Waals surface area contributed by atoms with Gasteiger partial charge in [-0.3, -0.25) is 20.6 Å². The number of amides is 1. The molecule has 5 N–H and O–H groups in total. The van der Waals surface area contributed by atoms with Crippen molar-refractivity contribution in [3.8, 4) is 5.75 Å². The molecule has 1 heterocycles. The number of allylic oxidation sites excluding steroid dienone is 2. The summed E-state index contributed by atoms with van der Waals surface area (Å²) in [4.78, 5) is 23.8. The first-order valence-corrected chi connectivity index (χ1v) is 12.9. The van der Waals surface area contributed by atoms with Crippen molar-refractivity contribution in [1.29, 1.82) is 0 Å². The lowest BCUT2D eigenvalue weighted by Gasteiger charge is -2.30. The highest BCUT2D eigenvalue weighted by molar-refractivity contribution is 6.11. The lowest BCUT2D eigenvalue weighted by molar-refractivity contribution is -0.110. The van der Waals surface area contributed by atoms with Crippen LogP contribution in [0.5, 0.6) is 5.75 Å². The van der Waals surface area contributed by atoms with Crippen LogP contribution in [0.2, 0.25) is 0 Å². The van der Waals surface area contributed by atoms with E-state index in [9.17, 15) is 9.90 Å². The van der Waals surface area contributed by atoms with E-state index >= 15 is 0 Å². The molecule has 0 bridgehead atoms. The minimum absolute atomic E-state index is 0.268. The zero-order valence-electron chi connectivity index (χ0n) is 23.0. The smallest absolute Gasteiger partial charge is 0.242 e. The standard InChI is InChI=1S/C26H36N6O3.C2H6/c1-15(2)30-26-24(16(3)27)31-25(17(4)35-26)20-10-11-21(22(34)13-20)19-8-6-18(7-9-19)12-23(28-5)32-29-14-33;1-2/h10-11,13-14,17-19,34H,1,6-9,12,27H2,2-5H3,(H,28,32)(H,29,33);1-2H3/b24-16-,30-26?;. The van der Waals surface area contributed by atoms with Gasteiger partial charge in [-0.2, -0.15) is 0 Å². The zero-order chi connectivity index (χ0) is 27.5. The van der Waals surface area contributed by atoms with Crippen molar-refractivity contribution in [1.82, 2.24) is 10.9 Å². The van der Waals surface area contributed by atoms with Crippen LogP contribution in [-0.2, 0) is 9.53 Å². The number of nitrogens with zero attached hydrogens (tertiary/aromatic N) is 3. The molecule has 0 aromatic heterocycles. The van der Waals surface area contributed by atoms with Gasteiger partial charge in [0.1, 0.15) is 23.4 Å². The van der Waals surface area contributed by atoms with Gasteiger partial charge < -0.3 is 15.6 Å². The summed E-state index contributed by atoms with van der Waals surface area (Å²) in [5, 5.41) is 10.9. The molecule has 0 spiro atoms. The molecular formula is C28H42N6O3. The first kappa shape index (κ1) is 29.6. The molecule has 1 saturated carbocycles. The topological polar surface area (TPSA) is 134 Å². The molecule has 202 valence electrons. The Balaban J connectivity index is 0.00000235. The Bertz CT molecular complexity index is 1080. The van der Waals surface area contributed by atoms with Gasteiger partial charge in [0.25, 0.3) is 0 Å². The van der Waals surface area contributed by atoms with Crippen molar-refractivity contribution in [2.75, 3.05) is 7.05 Å². The minimum atomic E-state index is -0.353. The maximum absolute atomic E-state index is 10.9. The number of hydrazine groups is 1. The lowest BCUT2D eigenvalue weighted by Crippen LogP contribution is -2.37. The van der Waals surface area contributed by atoms with Crippen LogP contribution in [0.15, 0.2) is 56.8 Å². The second-order valence-electron chi connectivity index (χ2n) is 9.19. The number of phenols is 1. The molecular weight excluding hydrogens is 468 g/mol. The van der Waals surface area contributed by atoms with Crippen LogP contribution in [0.1, 0.15) is 83.8 Å². The molecule has 37 heavy (non-hydrogen) atoms. The number of aromatic hydroxyl groups is 1. The van der Waals surface area contributed by atoms with Crippen molar-refractivity contribution < 1.29 is 14.6 Å². The predicted molar refractivity (Wildman–Crippen MR) is 151 cm³/mol. The van der Waals surface area contributed by atoms with Gasteiger partial charge in [-0.25, -0.2) is 9.98 Å². The zero-order valence-corrected chi connectivity index (χ0v) is 23.0. The number of amidine groups is 1. The lowest BCUT2D eigenvalue weighted by atomic mass is 9.77. The Morgan fingerprint density at radius 2 is 1.95 bits per heavy atom. The number of hydrogen-bond acceptors (Lipinski definition) is 7. The highest BCUT2D eigenvalue weighted by Crippen LogP contribution is 2.40. The summed E-state index contributed by atoms with van der Waals surface area (Å²) in [6.45, 7) is 13.2. The minimum Gasteiger partial charge on any atom is -0.508 e. The van der Waals surface area contributed by atoms with Crippen LogP contribution >= 0.6 is 0 Å². The Morgan fingerprint density at radius 1 is 1.27 bits per heavy atom. The summed E-state index contributed by atoms with van der Waals surface area (Å²) < 4.78 is 6.00. The number of rotatable bonds is 7. The van der Waals surface area contributed by atoms with Crippen molar-refractivity contribution in [2.24, 2.45) is 26.6 Å². The van der Waals surface area contributed by atoms with Crippen LogP contribution < -0.4 is 16.6 Å². The van der Waals surface area contributed by atoms with Gasteiger partial charge in [-0.15, -0.1) is 0 Å². The number of phenolic OH excluding ortho intramolecular Hbond substituents is 1. The van der Waals surface area contributed by atoms with Gasteiger partial charge in [0.05, 0.1) is 5.71 Å². The maximum Gasteiger partial charge on any atom is 0.242 e. The molecule has 0 saturated heterocycles. The molecule has 3 rings (SSSR count). The second kappa shape index (κ2) is 14.2. The van der Waals surface area contributed by atoms with E-state index in [4.69, 9.17) is 15.5 Å². The molecule has 1 amide bonds. The number of ether oxygens (including phenoxy) is 1. The normalized spacial score (nSPS) is 24.2. The quantitative estimate of drug-likeness (QED) is 0.183. The summed E-state index contributed by atoms with van der Waals surface area (Å²) in [6, 6.07) is 5.75. The van der Waals surface area contributed by atoms with Gasteiger partial charge in [0.2, 0.25) is 12.3 Å². The fraction of sp³-hybridized carbons (Fsp3) is 0.500. The Kier molecular flexibility index (Phi) is 11.4. The van der Waals surface area contributed by atoms with Crippen LogP contribution in [0.25, 0.3) is 0 Å². The number of carbonyl (C=O) groups is 1. The number of hydrogen-bond donors (Lipinski definition) is 4. The van der Waals surface area contributed by atoms with Crippen LogP contribution in [0.3, 0.4) is 0 Å². The molecule has 0 radical (unpaired) electrons. The van der Waals surface area contributed by atoms with Gasteiger partial charge >= 0.3 is 0 Å². The third kappa shape index (κ3) is 7.93. The molecule has 2 aliphatic rings. The van der Waals surface area contributed by atoms with Crippen LogP contribution in [-0.4, -0.2) is 42.1 Å². The third-order valence-corrected chi connectivity index (χ3v) is 6.41. The van der Waals surface area contributed by atoms with E-state index in [2.05, 4.69) is 27.4 Å². The Labute approximate surface area is 220 Å². The highest BCUT2D eigenvalue weighted by atomic mass is 16.5. The molecule has 1 aromatic carbocycles. The summed E-state index contributed by atoms with van der Waals surface area (Å²) in [7, 11) is 1.71. The van der Waals surface area contributed by atoms with Gasteiger partial charge in [-0.05, 0) is 69.9 Å². The van der Waals surface area contributed by atoms with Gasteiger partial charge in [0, 0.05) is 30.4 Å². The first-order valence-electron chi connectivity index (χ1n) is 12.9. The average molecular weight is 511 g/mol. The summed E-state index contributed by atoms with van der Waals surface area (Å²) in [5.74, 6) is 2.18. The van der Waals surface area contributed by atoms with Crippen molar-refractivity contribution in [2.45, 2.75) is 78.7 Å². The first-order chi connectivity index (χ1) is 17.7. The number of nitrogens with two attached hydrogens (primary N) is 1. The van der Waals surface area contributed by atoms with Crippen molar-refractivity contribution in [3.05, 3.63) is 53.0 Å². The molecule has 1 unspecified atom stereocenters. The molecule has 9 nitrogen and oxygen atoms in total. The molecule has 1 atom stereocenters. The largest absolute Gasteiger partial charge is 0.508 e. The van der Waals surface area contributed by atoms with E-state index < -0.39 is 0 Å². The number of benzene rings is 1. The molecule has 1 aliphatic heterocycles. The van der Waals surface area contributed by atoms with E-state index in [1.54, 1.807) is 27.0 Å². The van der Waals surface area contributed by atoms with E-state index in [1.807, 2.05) is 32.9 Å². The van der Waals surface area contributed by atoms with Gasteiger partial charge in [-0.1, -0.05) is 32.6 Å². The van der Waals surface area contributed by atoms with E-state index in [0.717, 1.165) is 49.1 Å². The van der Waals surface area contributed by atoms with E-state index in [0.29, 0.717) is 46.9 Å². The Hall–Kier alpha value is -3.62. The summed E-state index contributed by atoms with van der Waals surface area (Å²) in [5.41, 5.74) is 15.4. The monoisotopic (exact) mass is 510 g/mol. The van der Waals surface area contributed by atoms with Crippen LogP contribution in [0.4, 0.5) is 0 Å². The van der Waals surface area contributed by atoms with E-state index in [1.165, 1.54) is 0 Å². The molecule has 1 aliphatic carbocycles. The molecule has 9 heteroatoms.